The summed E-state index contributed by atoms with van der Waals surface area (Å²) >= 11 is 0. The van der Waals surface area contributed by atoms with Crippen LogP contribution in [-0.4, -0.2) is 142 Å². The first-order valence-electron chi connectivity index (χ1n) is 23.2. The zero-order valence-corrected chi connectivity index (χ0v) is 40.7. The van der Waals surface area contributed by atoms with Crippen molar-refractivity contribution in [3.05, 3.63) is 36.0 Å². The van der Waals surface area contributed by atoms with Gasteiger partial charge < -0.3 is 81.1 Å². The highest BCUT2D eigenvalue weighted by atomic mass is 16.4. The summed E-state index contributed by atoms with van der Waals surface area (Å²) in [6, 6.07) is -3.84. The van der Waals surface area contributed by atoms with Crippen molar-refractivity contribution in [1.82, 2.24) is 42.2 Å². The van der Waals surface area contributed by atoms with Gasteiger partial charge in [0.1, 0.15) is 42.3 Å². The van der Waals surface area contributed by atoms with E-state index in [1.807, 2.05) is 6.07 Å². The zero-order valence-electron chi connectivity index (χ0n) is 40.7. The SMILES string of the molecule is CC(C)C[C@H](NC(=O)[C@@H](NC(=O)[C@@H](N)CCCN=C(N)N)[C@@H](C)O)C(=O)N[C@@H](CC(N)=O)C(=O)N[C@@H](C)C(=O)N[C@@H](Cc1c[nH]c2ccccc12)C(=O)N[C@H](C(=O)N[C@@H](CCCCN)C(=O)O)C(C)C. The Morgan fingerprint density at radius 1 is 0.657 bits per heavy atom. The molecule has 2 rings (SSSR count). The first kappa shape index (κ1) is 59.3. The molecule has 0 unspecified atom stereocenters. The Morgan fingerprint density at radius 2 is 1.23 bits per heavy atom. The third kappa shape index (κ3) is 20.0. The van der Waals surface area contributed by atoms with Crippen LogP contribution in [-0.2, 0) is 49.6 Å². The molecule has 25 heteroatoms. The molecule has 0 aliphatic rings. The number of rotatable bonds is 31. The number of nitrogens with one attached hydrogen (secondary N) is 8. The smallest absolute Gasteiger partial charge is 0.326 e. The summed E-state index contributed by atoms with van der Waals surface area (Å²) in [4.78, 5) is 127. The number of H-pyrrole nitrogens is 1. The Hall–Kier alpha value is -6.86. The van der Waals surface area contributed by atoms with E-state index in [0.717, 1.165) is 10.9 Å². The quantitative estimate of drug-likeness (QED) is 0.0200. The Morgan fingerprint density at radius 3 is 1.81 bits per heavy atom. The number of carboxylic acid groups (broad SMARTS) is 1. The van der Waals surface area contributed by atoms with Crippen LogP contribution >= 0.6 is 0 Å². The van der Waals surface area contributed by atoms with E-state index in [-0.39, 0.29) is 44.1 Å². The van der Waals surface area contributed by atoms with Gasteiger partial charge in [0.05, 0.1) is 18.6 Å². The summed E-state index contributed by atoms with van der Waals surface area (Å²) in [7, 11) is 0. The van der Waals surface area contributed by atoms with E-state index in [0.29, 0.717) is 31.4 Å². The molecule has 0 saturated carbocycles. The van der Waals surface area contributed by atoms with Crippen molar-refractivity contribution >= 4 is 70.1 Å². The number of para-hydroxylation sites is 1. The second kappa shape index (κ2) is 29.2. The van der Waals surface area contributed by atoms with Crippen molar-refractivity contribution in [1.29, 1.82) is 0 Å². The number of primary amides is 1. The van der Waals surface area contributed by atoms with Crippen LogP contribution in [0.4, 0.5) is 0 Å². The maximum Gasteiger partial charge on any atom is 0.326 e. The molecule has 0 aliphatic heterocycles. The van der Waals surface area contributed by atoms with Crippen LogP contribution in [0.1, 0.15) is 92.1 Å². The monoisotopic (exact) mass is 987 g/mol. The number of carboxylic acids is 1. The van der Waals surface area contributed by atoms with Crippen molar-refractivity contribution in [2.45, 2.75) is 147 Å². The lowest BCUT2D eigenvalue weighted by Crippen LogP contribution is -2.61. The molecule has 0 saturated heterocycles. The first-order valence-corrected chi connectivity index (χ1v) is 23.2. The summed E-state index contributed by atoms with van der Waals surface area (Å²) in [6.07, 6.45) is 0.855. The number of carbonyl (C=O) groups excluding carboxylic acids is 8. The summed E-state index contributed by atoms with van der Waals surface area (Å²) in [5.41, 5.74) is 29.0. The average Bonchev–Trinajstić information content (AvgIpc) is 3.68. The highest BCUT2D eigenvalue weighted by Crippen LogP contribution is 2.20. The van der Waals surface area contributed by atoms with Gasteiger partial charge in [0.2, 0.25) is 47.3 Å². The van der Waals surface area contributed by atoms with Gasteiger partial charge in [0.15, 0.2) is 5.96 Å². The molecule has 1 aromatic heterocycles. The Balaban J connectivity index is 2.32. The highest BCUT2D eigenvalue weighted by Gasteiger charge is 2.36. The number of aliphatic imine (C=N–C) groups is 1. The second-order valence-corrected chi connectivity index (χ2v) is 18.0. The zero-order chi connectivity index (χ0) is 52.8. The van der Waals surface area contributed by atoms with Gasteiger partial charge in [-0.25, -0.2) is 4.79 Å². The molecule has 20 N–H and O–H groups in total. The molecule has 25 nitrogen and oxygen atoms in total. The predicted octanol–water partition coefficient (Wildman–Crippen LogP) is -3.32. The number of guanidine groups is 1. The van der Waals surface area contributed by atoms with Crippen LogP contribution in [0.15, 0.2) is 35.5 Å². The van der Waals surface area contributed by atoms with Crippen molar-refractivity contribution in [2.24, 2.45) is 45.5 Å². The molecular formula is C45H74N14O11. The van der Waals surface area contributed by atoms with Crippen LogP contribution in [0, 0.1) is 11.8 Å². The lowest BCUT2D eigenvalue weighted by molar-refractivity contribution is -0.143. The molecule has 0 fully saturated rings. The Kier molecular flexibility index (Phi) is 24.7. The van der Waals surface area contributed by atoms with Gasteiger partial charge in [-0.2, -0.15) is 0 Å². The van der Waals surface area contributed by atoms with E-state index >= 15 is 0 Å². The van der Waals surface area contributed by atoms with E-state index in [2.05, 4.69) is 47.2 Å². The maximum atomic E-state index is 14.1. The molecule has 70 heavy (non-hydrogen) atoms. The lowest BCUT2D eigenvalue weighted by Gasteiger charge is -2.28. The topological polar surface area (TPSA) is 437 Å². The van der Waals surface area contributed by atoms with Gasteiger partial charge in [-0.15, -0.1) is 0 Å². The highest BCUT2D eigenvalue weighted by molar-refractivity contribution is 5.99. The van der Waals surface area contributed by atoms with E-state index in [1.165, 1.54) is 13.8 Å². The fraction of sp³-hybridized carbons (Fsp3) is 0.600. The van der Waals surface area contributed by atoms with Gasteiger partial charge in [-0.05, 0) is 82.4 Å². The minimum absolute atomic E-state index is 0.0137. The lowest BCUT2D eigenvalue weighted by atomic mass is 9.99. The molecule has 0 bridgehead atoms. The number of nitrogens with zero attached hydrogens (tertiary/aromatic N) is 1. The number of aliphatic hydroxyl groups excluding tert-OH is 1. The normalized spacial score (nSPS) is 15.1. The maximum absolute atomic E-state index is 14.1. The van der Waals surface area contributed by atoms with E-state index < -0.39 is 120 Å². The number of hydrogen-bond acceptors (Lipinski definition) is 13. The minimum Gasteiger partial charge on any atom is -0.480 e. The largest absolute Gasteiger partial charge is 0.480 e. The number of aliphatic hydroxyl groups is 1. The molecule has 8 amide bonds. The van der Waals surface area contributed by atoms with Crippen molar-refractivity contribution < 1.29 is 53.4 Å². The molecule has 0 radical (unpaired) electrons. The predicted molar refractivity (Wildman–Crippen MR) is 259 cm³/mol. The molecule has 1 heterocycles. The minimum atomic E-state index is -1.68. The first-order chi connectivity index (χ1) is 32.9. The number of aromatic nitrogens is 1. The van der Waals surface area contributed by atoms with Crippen LogP contribution in [0.3, 0.4) is 0 Å². The van der Waals surface area contributed by atoms with Gasteiger partial charge >= 0.3 is 5.97 Å². The van der Waals surface area contributed by atoms with E-state index in [4.69, 9.17) is 28.7 Å². The Bertz CT molecular complexity index is 2140. The van der Waals surface area contributed by atoms with Gasteiger partial charge in [-0.1, -0.05) is 45.9 Å². The van der Waals surface area contributed by atoms with Crippen LogP contribution < -0.4 is 65.9 Å². The van der Waals surface area contributed by atoms with E-state index in [9.17, 15) is 53.4 Å². The van der Waals surface area contributed by atoms with Crippen LogP contribution in [0.2, 0.25) is 0 Å². The second-order valence-electron chi connectivity index (χ2n) is 18.0. The fourth-order valence-electron chi connectivity index (χ4n) is 7.17. The summed E-state index contributed by atoms with van der Waals surface area (Å²) in [5.74, 6) is -9.39. The molecular weight excluding hydrogens is 913 g/mol. The van der Waals surface area contributed by atoms with E-state index in [1.54, 1.807) is 52.1 Å². The summed E-state index contributed by atoms with van der Waals surface area (Å²) < 4.78 is 0. The molecule has 0 aliphatic carbocycles. The van der Waals surface area contributed by atoms with Gasteiger partial charge in [0, 0.05) is 30.1 Å². The number of fused-ring (bicyclic) bond motifs is 1. The Labute approximate surface area is 406 Å². The number of unbranched alkanes of at least 4 members (excludes halogenated alkanes) is 1. The number of aromatic amines is 1. The molecule has 2 aromatic rings. The number of amides is 8. The number of carbonyl (C=O) groups is 9. The fourth-order valence-corrected chi connectivity index (χ4v) is 7.17. The number of nitrogens with two attached hydrogens (primary N) is 5. The summed E-state index contributed by atoms with van der Waals surface area (Å²) in [6.45, 7) is 9.81. The molecule has 9 atom stereocenters. The van der Waals surface area contributed by atoms with Crippen LogP contribution in [0.5, 0.6) is 0 Å². The van der Waals surface area contributed by atoms with Gasteiger partial charge in [-0.3, -0.25) is 43.3 Å². The molecule has 390 valence electrons. The van der Waals surface area contributed by atoms with Crippen LogP contribution in [0.25, 0.3) is 10.9 Å². The third-order valence-corrected chi connectivity index (χ3v) is 11.0. The van der Waals surface area contributed by atoms with Gasteiger partial charge in [0.25, 0.3) is 0 Å². The number of aliphatic carboxylic acids is 1. The van der Waals surface area contributed by atoms with Crippen molar-refractivity contribution in [2.75, 3.05) is 13.1 Å². The standard InChI is InChI=1S/C45H74N14O11/c1-22(2)18-31(57-43(68)36(25(6)60)59-38(63)28(47)13-11-17-51-45(49)50)40(65)56-33(20-34(48)61)39(64)53-24(5)37(62)55-32(19-26-21-52-29-14-8-7-12-27(26)29)41(66)58-35(23(3)4)42(67)54-30(44(69)70)15-9-10-16-46/h7-8,12,14,21-25,28,30-33,35-36,52,60H,9-11,13,15-20,46-47H2,1-6H3,(H2,48,61)(H,53,64)(H,54,67)(H,55,62)(H,56,65)(H,57,68)(H,58,66)(H,59,63)(H,69,70)(H4,49,50,51)/t24-,25+,28-,30-,31-,32-,33-,35-,36-/m0/s1. The molecule has 0 spiro atoms. The third-order valence-electron chi connectivity index (χ3n) is 11.0. The van der Waals surface area contributed by atoms with Crippen molar-refractivity contribution in [3.8, 4) is 0 Å². The molecule has 1 aromatic carbocycles. The summed E-state index contributed by atoms with van der Waals surface area (Å²) in [5, 5.41) is 38.4. The van der Waals surface area contributed by atoms with Crippen molar-refractivity contribution in [3.63, 3.8) is 0 Å². The average molecular weight is 987 g/mol. The number of benzene rings is 1. The number of hydrogen-bond donors (Lipinski definition) is 15.